The van der Waals surface area contributed by atoms with E-state index < -0.39 is 22.7 Å². The van der Waals surface area contributed by atoms with E-state index in [4.69, 9.17) is 0 Å². The van der Waals surface area contributed by atoms with Crippen molar-refractivity contribution in [1.82, 2.24) is 19.6 Å². The Hall–Kier alpha value is -5.06. The lowest BCUT2D eigenvalue weighted by Gasteiger charge is -2.38. The second kappa shape index (κ2) is 17.0. The molecule has 0 spiro atoms. The molecular weight excluding hydrogens is 687 g/mol. The fourth-order valence-electron chi connectivity index (χ4n) is 7.51. The Kier molecular flexibility index (Phi) is 12.6. The molecule has 1 aliphatic heterocycles. The molecule has 0 bridgehead atoms. The molecule has 1 heterocycles. The molecule has 1 saturated heterocycles. The molecule has 1 aliphatic rings. The standard InChI is InChI=1S/C44H50F2N4O4/c1-7-43(47(3)4,39(51)33-17-21-37(45)22-18-33)29-31-9-13-35(14-10-31)41(53)49-25-27-50(28-26-49)42(54)36-15-11-32(12-16-36)30-44(8-2,48(5)6)40(52)34-19-23-38(46)24-20-34/h9-24H,7-8,25-30H2,1-6H3. The average Bonchev–Trinajstić information content (AvgIpc) is 3.19. The molecule has 1 fully saturated rings. The van der Waals surface area contributed by atoms with Gasteiger partial charge in [-0.05, 0) is 138 Å². The number of Topliss-reactive ketones (excluding diaryl/α,β-unsaturated/α-hetero) is 2. The molecule has 0 radical (unpaired) electrons. The molecule has 0 aliphatic carbocycles. The molecule has 0 N–H and O–H groups in total. The number of ketones is 2. The predicted octanol–water partition coefficient (Wildman–Crippen LogP) is 6.83. The second-order valence-electron chi connectivity index (χ2n) is 14.6. The van der Waals surface area contributed by atoms with E-state index in [1.807, 2.05) is 76.1 Å². The smallest absolute Gasteiger partial charge is 0.253 e. The van der Waals surface area contributed by atoms with Crippen molar-refractivity contribution in [1.29, 1.82) is 0 Å². The first-order valence-electron chi connectivity index (χ1n) is 18.5. The summed E-state index contributed by atoms with van der Waals surface area (Å²) in [4.78, 5) is 61.7. The minimum absolute atomic E-state index is 0.0867. The van der Waals surface area contributed by atoms with Crippen LogP contribution in [0, 0.1) is 11.6 Å². The van der Waals surface area contributed by atoms with E-state index in [1.165, 1.54) is 48.5 Å². The highest BCUT2D eigenvalue weighted by atomic mass is 19.1. The average molecular weight is 737 g/mol. The van der Waals surface area contributed by atoms with Gasteiger partial charge in [0, 0.05) is 48.4 Å². The van der Waals surface area contributed by atoms with Gasteiger partial charge in [-0.25, -0.2) is 8.78 Å². The van der Waals surface area contributed by atoms with Crippen LogP contribution in [0.5, 0.6) is 0 Å². The van der Waals surface area contributed by atoms with Gasteiger partial charge in [0.15, 0.2) is 11.6 Å². The van der Waals surface area contributed by atoms with Crippen LogP contribution in [0.15, 0.2) is 97.1 Å². The van der Waals surface area contributed by atoms with Crippen LogP contribution < -0.4 is 0 Å². The Morgan fingerprint density at radius 1 is 0.500 bits per heavy atom. The molecule has 2 unspecified atom stereocenters. The lowest BCUT2D eigenvalue weighted by molar-refractivity contribution is 0.0535. The summed E-state index contributed by atoms with van der Waals surface area (Å²) in [6.45, 7) is 5.49. The maximum absolute atomic E-state index is 13.7. The van der Waals surface area contributed by atoms with E-state index in [-0.39, 0.29) is 23.4 Å². The third kappa shape index (κ3) is 8.35. The predicted molar refractivity (Wildman–Crippen MR) is 207 cm³/mol. The van der Waals surface area contributed by atoms with Crippen molar-refractivity contribution in [3.8, 4) is 0 Å². The summed E-state index contributed by atoms with van der Waals surface area (Å²) in [5.74, 6) is -1.20. The van der Waals surface area contributed by atoms with Gasteiger partial charge in [0.05, 0.1) is 11.1 Å². The number of halogens is 2. The lowest BCUT2D eigenvalue weighted by Crippen LogP contribution is -2.52. The number of hydrogen-bond acceptors (Lipinski definition) is 6. The van der Waals surface area contributed by atoms with E-state index >= 15 is 0 Å². The number of likely N-dealkylation sites (N-methyl/N-ethyl adjacent to an activating group) is 2. The fourth-order valence-corrected chi connectivity index (χ4v) is 7.51. The van der Waals surface area contributed by atoms with Crippen LogP contribution in [0.25, 0.3) is 0 Å². The van der Waals surface area contributed by atoms with Gasteiger partial charge < -0.3 is 9.80 Å². The van der Waals surface area contributed by atoms with E-state index in [0.29, 0.717) is 74.1 Å². The SMILES string of the molecule is CCC(Cc1ccc(C(=O)N2CCN(C(=O)c3ccc(CC(CC)(C(=O)c4ccc(F)cc4)N(C)C)cc3)CC2)cc1)(C(=O)c1ccc(F)cc1)N(C)C. The molecule has 8 nitrogen and oxygen atoms in total. The van der Waals surface area contributed by atoms with E-state index in [0.717, 1.165) is 11.1 Å². The van der Waals surface area contributed by atoms with Crippen LogP contribution in [0.4, 0.5) is 8.78 Å². The summed E-state index contributed by atoms with van der Waals surface area (Å²) in [6.07, 6.45) is 1.93. The normalized spacial score (nSPS) is 15.5. The molecule has 4 aromatic rings. The topological polar surface area (TPSA) is 81.2 Å². The number of amides is 2. The third-order valence-corrected chi connectivity index (χ3v) is 11.2. The van der Waals surface area contributed by atoms with Gasteiger partial charge in [-0.2, -0.15) is 0 Å². The zero-order valence-electron chi connectivity index (χ0n) is 32.1. The number of hydrogen-bond donors (Lipinski definition) is 0. The fraction of sp³-hybridized carbons (Fsp3) is 0.364. The maximum Gasteiger partial charge on any atom is 0.253 e. The van der Waals surface area contributed by atoms with Crippen LogP contribution in [0.3, 0.4) is 0 Å². The highest BCUT2D eigenvalue weighted by molar-refractivity contribution is 6.04. The largest absolute Gasteiger partial charge is 0.335 e. The molecule has 0 saturated carbocycles. The van der Waals surface area contributed by atoms with Gasteiger partial charge >= 0.3 is 0 Å². The van der Waals surface area contributed by atoms with Crippen molar-refractivity contribution in [2.45, 2.75) is 50.6 Å². The Balaban J connectivity index is 1.19. The van der Waals surface area contributed by atoms with Crippen molar-refractivity contribution in [2.24, 2.45) is 0 Å². The van der Waals surface area contributed by atoms with Crippen molar-refractivity contribution >= 4 is 23.4 Å². The van der Waals surface area contributed by atoms with Gasteiger partial charge in [0.1, 0.15) is 11.6 Å². The number of benzene rings is 4. The highest BCUT2D eigenvalue weighted by Gasteiger charge is 2.41. The number of carbonyl (C=O) groups is 4. The quantitative estimate of drug-likeness (QED) is 0.132. The molecular formula is C44H50F2N4O4. The zero-order valence-corrected chi connectivity index (χ0v) is 32.1. The summed E-state index contributed by atoms with van der Waals surface area (Å²) in [7, 11) is 7.47. The van der Waals surface area contributed by atoms with Gasteiger partial charge in [-0.1, -0.05) is 38.1 Å². The van der Waals surface area contributed by atoms with Crippen LogP contribution in [-0.4, -0.2) is 108 Å². The molecule has 2 amide bonds. The molecule has 10 heteroatoms. The van der Waals surface area contributed by atoms with E-state index in [9.17, 15) is 28.0 Å². The lowest BCUT2D eigenvalue weighted by atomic mass is 9.80. The van der Waals surface area contributed by atoms with E-state index in [1.54, 1.807) is 34.1 Å². The first-order valence-corrected chi connectivity index (χ1v) is 18.5. The van der Waals surface area contributed by atoms with Crippen LogP contribution in [-0.2, 0) is 12.8 Å². The van der Waals surface area contributed by atoms with Gasteiger partial charge in [0.25, 0.3) is 11.8 Å². The summed E-state index contributed by atoms with van der Waals surface area (Å²) in [6, 6.07) is 25.9. The van der Waals surface area contributed by atoms with Crippen molar-refractivity contribution < 1.29 is 28.0 Å². The van der Waals surface area contributed by atoms with Gasteiger partial charge in [-0.15, -0.1) is 0 Å². The summed E-state index contributed by atoms with van der Waals surface area (Å²) in [5.41, 5.74) is 2.08. The second-order valence-corrected chi connectivity index (χ2v) is 14.6. The highest BCUT2D eigenvalue weighted by Crippen LogP contribution is 2.30. The minimum Gasteiger partial charge on any atom is -0.335 e. The van der Waals surface area contributed by atoms with E-state index in [2.05, 4.69) is 0 Å². The monoisotopic (exact) mass is 736 g/mol. The number of rotatable bonds is 14. The molecule has 54 heavy (non-hydrogen) atoms. The first kappa shape index (κ1) is 40.1. The Morgan fingerprint density at radius 2 is 0.778 bits per heavy atom. The van der Waals surface area contributed by atoms with Crippen LogP contribution >= 0.6 is 0 Å². The molecule has 0 aromatic heterocycles. The van der Waals surface area contributed by atoms with Gasteiger partial charge in [-0.3, -0.25) is 29.0 Å². The van der Waals surface area contributed by atoms with Crippen LogP contribution in [0.1, 0.15) is 79.2 Å². The third-order valence-electron chi connectivity index (χ3n) is 11.2. The van der Waals surface area contributed by atoms with Crippen molar-refractivity contribution in [3.63, 3.8) is 0 Å². The summed E-state index contributed by atoms with van der Waals surface area (Å²) < 4.78 is 27.1. The number of piperazine rings is 1. The van der Waals surface area contributed by atoms with Crippen molar-refractivity contribution in [2.75, 3.05) is 54.4 Å². The molecule has 284 valence electrons. The molecule has 4 aromatic carbocycles. The number of carbonyl (C=O) groups excluding carboxylic acids is 4. The Bertz CT molecular complexity index is 1800. The first-order chi connectivity index (χ1) is 25.7. The molecule has 5 rings (SSSR count). The maximum atomic E-state index is 13.7. The van der Waals surface area contributed by atoms with Gasteiger partial charge in [0.2, 0.25) is 0 Å². The molecule has 2 atom stereocenters. The summed E-state index contributed by atoms with van der Waals surface area (Å²) >= 11 is 0. The van der Waals surface area contributed by atoms with Crippen molar-refractivity contribution in [3.05, 3.63) is 142 Å². The Labute approximate surface area is 317 Å². The summed E-state index contributed by atoms with van der Waals surface area (Å²) in [5, 5.41) is 0. The van der Waals surface area contributed by atoms with Crippen LogP contribution in [0.2, 0.25) is 0 Å². The minimum atomic E-state index is -0.844. The number of nitrogens with zero attached hydrogens (tertiary/aromatic N) is 4. The zero-order chi connectivity index (χ0) is 39.2. The Morgan fingerprint density at radius 3 is 1.04 bits per heavy atom.